The summed E-state index contributed by atoms with van der Waals surface area (Å²) in [6, 6.07) is 19.6. The standard InChI is InChI=1S/C21H16N4O2/c22-11-16-7-4-8-19(9-16)25-21(27)18-10-17(13-23-14-18)20(26)24-12-15-5-2-1-3-6-15/h1-10,13-14H,12H2,(H,24,26)(H,25,27). The number of hydrogen-bond acceptors (Lipinski definition) is 4. The van der Waals surface area contributed by atoms with E-state index < -0.39 is 5.91 Å². The predicted octanol–water partition coefficient (Wildman–Crippen LogP) is 3.14. The van der Waals surface area contributed by atoms with E-state index in [-0.39, 0.29) is 11.5 Å². The summed E-state index contributed by atoms with van der Waals surface area (Å²) in [5.74, 6) is -0.720. The van der Waals surface area contributed by atoms with Gasteiger partial charge in [-0.3, -0.25) is 14.6 Å². The van der Waals surface area contributed by atoms with Gasteiger partial charge in [0.15, 0.2) is 0 Å². The molecule has 0 unspecified atom stereocenters. The molecule has 132 valence electrons. The minimum absolute atomic E-state index is 0.254. The van der Waals surface area contributed by atoms with Crippen LogP contribution in [0.25, 0.3) is 0 Å². The topological polar surface area (TPSA) is 94.9 Å². The van der Waals surface area contributed by atoms with E-state index in [1.54, 1.807) is 24.3 Å². The minimum atomic E-state index is -0.407. The highest BCUT2D eigenvalue weighted by Crippen LogP contribution is 2.12. The molecule has 1 aromatic heterocycles. The van der Waals surface area contributed by atoms with Crippen LogP contribution in [0.15, 0.2) is 73.1 Å². The number of pyridine rings is 1. The molecule has 27 heavy (non-hydrogen) atoms. The minimum Gasteiger partial charge on any atom is -0.348 e. The van der Waals surface area contributed by atoms with Gasteiger partial charge in [-0.2, -0.15) is 5.26 Å². The van der Waals surface area contributed by atoms with E-state index in [0.717, 1.165) is 5.56 Å². The molecule has 0 aliphatic rings. The fraction of sp³-hybridized carbons (Fsp3) is 0.0476. The van der Waals surface area contributed by atoms with E-state index in [1.807, 2.05) is 36.4 Å². The summed E-state index contributed by atoms with van der Waals surface area (Å²) < 4.78 is 0. The first-order chi connectivity index (χ1) is 13.2. The molecule has 0 saturated heterocycles. The number of nitrogens with one attached hydrogen (secondary N) is 2. The predicted molar refractivity (Wildman–Crippen MR) is 101 cm³/mol. The maximum atomic E-state index is 12.4. The van der Waals surface area contributed by atoms with Crippen molar-refractivity contribution in [1.82, 2.24) is 10.3 Å². The second kappa shape index (κ2) is 8.41. The number of aromatic nitrogens is 1. The highest BCUT2D eigenvalue weighted by molar-refractivity contribution is 6.05. The van der Waals surface area contributed by atoms with Crippen molar-refractivity contribution in [2.75, 3.05) is 5.32 Å². The first kappa shape index (κ1) is 17.8. The average Bonchev–Trinajstić information content (AvgIpc) is 2.73. The van der Waals surface area contributed by atoms with Crippen LogP contribution in [-0.4, -0.2) is 16.8 Å². The molecule has 1 heterocycles. The fourth-order valence-electron chi connectivity index (χ4n) is 2.44. The monoisotopic (exact) mass is 356 g/mol. The molecule has 3 aromatic rings. The zero-order chi connectivity index (χ0) is 19.1. The molecule has 0 radical (unpaired) electrons. The normalized spacial score (nSPS) is 9.89. The van der Waals surface area contributed by atoms with E-state index in [4.69, 9.17) is 5.26 Å². The first-order valence-corrected chi connectivity index (χ1v) is 8.24. The van der Waals surface area contributed by atoms with Crippen molar-refractivity contribution in [3.8, 4) is 6.07 Å². The van der Waals surface area contributed by atoms with Gasteiger partial charge in [0.05, 0.1) is 22.8 Å². The van der Waals surface area contributed by atoms with E-state index in [2.05, 4.69) is 15.6 Å². The average molecular weight is 356 g/mol. The molecule has 6 heteroatoms. The van der Waals surface area contributed by atoms with Crippen molar-refractivity contribution in [3.63, 3.8) is 0 Å². The molecule has 0 fully saturated rings. The molecule has 2 N–H and O–H groups in total. The maximum Gasteiger partial charge on any atom is 0.257 e. The van der Waals surface area contributed by atoms with Gasteiger partial charge < -0.3 is 10.6 Å². The molecule has 0 saturated carbocycles. The molecule has 2 aromatic carbocycles. The van der Waals surface area contributed by atoms with Gasteiger partial charge in [-0.1, -0.05) is 36.4 Å². The van der Waals surface area contributed by atoms with Crippen molar-refractivity contribution in [2.24, 2.45) is 0 Å². The Morgan fingerprint density at radius 2 is 1.67 bits per heavy atom. The summed E-state index contributed by atoms with van der Waals surface area (Å²) in [5.41, 5.74) is 2.47. The van der Waals surface area contributed by atoms with Crippen LogP contribution in [0, 0.1) is 11.3 Å². The van der Waals surface area contributed by atoms with Gasteiger partial charge in [0.1, 0.15) is 0 Å². The number of benzene rings is 2. The van der Waals surface area contributed by atoms with Crippen LogP contribution in [0.5, 0.6) is 0 Å². The molecule has 0 bridgehead atoms. The molecule has 3 rings (SSSR count). The Balaban J connectivity index is 1.68. The lowest BCUT2D eigenvalue weighted by Crippen LogP contribution is -2.23. The lowest BCUT2D eigenvalue weighted by molar-refractivity contribution is 0.0950. The van der Waals surface area contributed by atoms with Gasteiger partial charge in [0.2, 0.25) is 0 Å². The summed E-state index contributed by atoms with van der Waals surface area (Å²) in [6.07, 6.45) is 2.80. The number of carbonyl (C=O) groups excluding carboxylic acids is 2. The summed E-state index contributed by atoms with van der Waals surface area (Å²) in [7, 11) is 0. The number of rotatable bonds is 5. The lowest BCUT2D eigenvalue weighted by atomic mass is 10.1. The summed E-state index contributed by atoms with van der Waals surface area (Å²) in [4.78, 5) is 28.7. The third-order valence-electron chi connectivity index (χ3n) is 3.81. The van der Waals surface area contributed by atoms with Crippen LogP contribution in [0.2, 0.25) is 0 Å². The van der Waals surface area contributed by atoms with Crippen LogP contribution in [0.1, 0.15) is 31.8 Å². The Kier molecular flexibility index (Phi) is 5.55. The van der Waals surface area contributed by atoms with Crippen molar-refractivity contribution in [1.29, 1.82) is 5.26 Å². The quantitative estimate of drug-likeness (QED) is 0.734. The van der Waals surface area contributed by atoms with Crippen LogP contribution in [0.4, 0.5) is 5.69 Å². The molecule has 0 atom stereocenters. The second-order valence-electron chi connectivity index (χ2n) is 5.78. The smallest absolute Gasteiger partial charge is 0.257 e. The van der Waals surface area contributed by atoms with E-state index in [9.17, 15) is 9.59 Å². The molecular weight excluding hydrogens is 340 g/mol. The number of nitriles is 1. The van der Waals surface area contributed by atoms with Gasteiger partial charge in [-0.15, -0.1) is 0 Å². The van der Waals surface area contributed by atoms with Crippen molar-refractivity contribution < 1.29 is 9.59 Å². The second-order valence-corrected chi connectivity index (χ2v) is 5.78. The SMILES string of the molecule is N#Cc1cccc(NC(=O)c2cncc(C(=O)NCc3ccccc3)c2)c1. The van der Waals surface area contributed by atoms with Gasteiger partial charge in [0.25, 0.3) is 11.8 Å². The van der Waals surface area contributed by atoms with Crippen LogP contribution in [0.3, 0.4) is 0 Å². The van der Waals surface area contributed by atoms with E-state index in [0.29, 0.717) is 23.4 Å². The van der Waals surface area contributed by atoms with Crippen LogP contribution >= 0.6 is 0 Å². The summed E-state index contributed by atoms with van der Waals surface area (Å²) in [5, 5.41) is 14.4. The number of nitrogens with zero attached hydrogens (tertiary/aromatic N) is 2. The van der Waals surface area contributed by atoms with Crippen molar-refractivity contribution in [3.05, 3.63) is 95.3 Å². The van der Waals surface area contributed by atoms with Crippen molar-refractivity contribution in [2.45, 2.75) is 6.54 Å². The first-order valence-electron chi connectivity index (χ1n) is 8.24. The van der Waals surface area contributed by atoms with Crippen LogP contribution < -0.4 is 10.6 Å². The van der Waals surface area contributed by atoms with Crippen LogP contribution in [-0.2, 0) is 6.54 Å². The fourth-order valence-corrected chi connectivity index (χ4v) is 2.44. The van der Waals surface area contributed by atoms with Gasteiger partial charge in [-0.25, -0.2) is 0 Å². The zero-order valence-corrected chi connectivity index (χ0v) is 14.3. The Labute approximate surface area is 156 Å². The highest BCUT2D eigenvalue weighted by Gasteiger charge is 2.12. The number of hydrogen-bond donors (Lipinski definition) is 2. The molecule has 6 nitrogen and oxygen atoms in total. The Bertz CT molecular complexity index is 1010. The van der Waals surface area contributed by atoms with Gasteiger partial charge >= 0.3 is 0 Å². The number of anilines is 1. The van der Waals surface area contributed by atoms with Gasteiger partial charge in [0, 0.05) is 24.6 Å². The number of amides is 2. The zero-order valence-electron chi connectivity index (χ0n) is 14.3. The third kappa shape index (κ3) is 4.77. The molecule has 2 amide bonds. The summed E-state index contributed by atoms with van der Waals surface area (Å²) in [6.45, 7) is 0.386. The Morgan fingerprint density at radius 3 is 2.41 bits per heavy atom. The third-order valence-corrected chi connectivity index (χ3v) is 3.81. The Morgan fingerprint density at radius 1 is 0.926 bits per heavy atom. The molecular formula is C21H16N4O2. The largest absolute Gasteiger partial charge is 0.348 e. The lowest BCUT2D eigenvalue weighted by Gasteiger charge is -2.08. The summed E-state index contributed by atoms with van der Waals surface area (Å²) >= 11 is 0. The van der Waals surface area contributed by atoms with E-state index in [1.165, 1.54) is 18.5 Å². The molecule has 0 spiro atoms. The highest BCUT2D eigenvalue weighted by atomic mass is 16.2. The molecule has 0 aliphatic heterocycles. The Hall–Kier alpha value is -3.98. The van der Waals surface area contributed by atoms with Crippen molar-refractivity contribution >= 4 is 17.5 Å². The maximum absolute atomic E-state index is 12.4. The number of carbonyl (C=O) groups is 2. The van der Waals surface area contributed by atoms with Gasteiger partial charge in [-0.05, 0) is 29.8 Å². The molecule has 0 aliphatic carbocycles. The van der Waals surface area contributed by atoms with E-state index >= 15 is 0 Å².